The second-order valence-electron chi connectivity index (χ2n) is 5.56. The van der Waals surface area contributed by atoms with E-state index >= 15 is 0 Å². The van der Waals surface area contributed by atoms with Crippen LogP contribution in [0.15, 0.2) is 24.3 Å². The number of carbonyl (C=O) groups is 1. The van der Waals surface area contributed by atoms with Crippen molar-refractivity contribution in [3.8, 4) is 5.88 Å². The molecule has 1 aromatic carbocycles. The molecule has 0 spiro atoms. The summed E-state index contributed by atoms with van der Waals surface area (Å²) in [5.74, 6) is 0.404. The topological polar surface area (TPSA) is 69.7 Å². The Bertz CT molecular complexity index is 712. The van der Waals surface area contributed by atoms with Crippen LogP contribution in [0.4, 0.5) is 0 Å². The number of hydrogen-bond acceptors (Lipinski definition) is 7. The van der Waals surface area contributed by atoms with Gasteiger partial charge in [0.2, 0.25) is 5.88 Å². The summed E-state index contributed by atoms with van der Waals surface area (Å²) in [7, 11) is 2.85. The van der Waals surface area contributed by atoms with Crippen molar-refractivity contribution in [3.63, 3.8) is 0 Å². The van der Waals surface area contributed by atoms with Gasteiger partial charge in [0, 0.05) is 19.0 Å². The number of methoxy groups -OCH3 is 2. The normalized spacial score (nSPS) is 14.2. The van der Waals surface area contributed by atoms with Gasteiger partial charge in [-0.15, -0.1) is 0 Å². The highest BCUT2D eigenvalue weighted by Gasteiger charge is 2.22. The summed E-state index contributed by atoms with van der Waals surface area (Å²) < 4.78 is 19.3. The zero-order chi connectivity index (χ0) is 16.9. The summed E-state index contributed by atoms with van der Waals surface area (Å²) in [4.78, 5) is 12.7. The number of nitrogens with one attached hydrogen (secondary N) is 1. The van der Waals surface area contributed by atoms with Crippen molar-refractivity contribution in [2.75, 3.05) is 27.4 Å². The van der Waals surface area contributed by atoms with E-state index in [9.17, 15) is 4.79 Å². The molecule has 1 aromatic heterocycles. The van der Waals surface area contributed by atoms with Gasteiger partial charge in [-0.3, -0.25) is 0 Å². The summed E-state index contributed by atoms with van der Waals surface area (Å²) in [5.41, 5.74) is 2.92. The Balaban J connectivity index is 1.62. The van der Waals surface area contributed by atoms with Gasteiger partial charge in [-0.05, 0) is 22.7 Å². The maximum Gasteiger partial charge on any atom is 0.344 e. The predicted octanol–water partition coefficient (Wildman–Crippen LogP) is 2.34. The molecule has 1 aliphatic rings. The molecule has 1 saturated heterocycles. The van der Waals surface area contributed by atoms with Crippen LogP contribution in [0.5, 0.6) is 5.88 Å². The average molecular weight is 348 g/mol. The lowest BCUT2D eigenvalue weighted by Crippen LogP contribution is -2.25. The van der Waals surface area contributed by atoms with Crippen molar-refractivity contribution in [1.29, 1.82) is 0 Å². The van der Waals surface area contributed by atoms with Crippen LogP contribution in [0.25, 0.3) is 0 Å². The monoisotopic (exact) mass is 348 g/mol. The van der Waals surface area contributed by atoms with E-state index in [1.54, 1.807) is 0 Å². The zero-order valence-electron chi connectivity index (χ0n) is 13.7. The second kappa shape index (κ2) is 7.74. The van der Waals surface area contributed by atoms with Gasteiger partial charge in [0.25, 0.3) is 0 Å². The largest absolute Gasteiger partial charge is 0.480 e. The Morgan fingerprint density at radius 2 is 2.21 bits per heavy atom. The molecule has 7 heteroatoms. The number of nitrogens with zero attached hydrogens (tertiary/aromatic N) is 1. The number of carbonyl (C=O) groups excluding carboxylic acids is 1. The van der Waals surface area contributed by atoms with Gasteiger partial charge in [-0.25, -0.2) is 4.79 Å². The lowest BCUT2D eigenvalue weighted by molar-refractivity contribution is 0.00839. The van der Waals surface area contributed by atoms with Gasteiger partial charge in [0.05, 0.1) is 32.3 Å². The fourth-order valence-corrected chi connectivity index (χ4v) is 3.36. The summed E-state index contributed by atoms with van der Waals surface area (Å²) in [6, 6.07) is 8.50. The van der Waals surface area contributed by atoms with Crippen molar-refractivity contribution in [3.05, 3.63) is 45.8 Å². The van der Waals surface area contributed by atoms with E-state index in [-0.39, 0.29) is 0 Å². The highest BCUT2D eigenvalue weighted by molar-refractivity contribution is 7.06. The Kier molecular flexibility index (Phi) is 5.44. The summed E-state index contributed by atoms with van der Waals surface area (Å²) >= 11 is 1.25. The van der Waals surface area contributed by atoms with Crippen molar-refractivity contribution in [2.45, 2.75) is 19.0 Å². The van der Waals surface area contributed by atoms with E-state index in [4.69, 9.17) is 14.2 Å². The van der Waals surface area contributed by atoms with Crippen molar-refractivity contribution >= 4 is 17.5 Å². The molecule has 128 valence electrons. The van der Waals surface area contributed by atoms with Crippen molar-refractivity contribution in [1.82, 2.24) is 9.69 Å². The highest BCUT2D eigenvalue weighted by atomic mass is 32.1. The van der Waals surface area contributed by atoms with Crippen LogP contribution >= 0.6 is 11.5 Å². The zero-order valence-corrected chi connectivity index (χ0v) is 14.5. The second-order valence-corrected chi connectivity index (χ2v) is 6.42. The van der Waals surface area contributed by atoms with E-state index in [1.807, 2.05) is 0 Å². The summed E-state index contributed by atoms with van der Waals surface area (Å²) in [6.45, 7) is 2.85. The smallest absolute Gasteiger partial charge is 0.344 e. The summed E-state index contributed by atoms with van der Waals surface area (Å²) in [5, 5.41) is 3.35. The van der Waals surface area contributed by atoms with Crippen molar-refractivity contribution < 1.29 is 19.0 Å². The Labute approximate surface area is 144 Å². The number of ether oxygens (including phenoxy) is 3. The third-order valence-corrected chi connectivity index (χ3v) is 4.82. The molecule has 0 bridgehead atoms. The standard InChI is InChI=1S/C17H20N2O4S/c1-21-16-15(17(20)22-2)14(24-19-16)8-18-7-11-4-3-5-12(6-11)13-9-23-10-13/h3-6,13,18H,7-10H2,1-2H3. The molecular weight excluding hydrogens is 328 g/mol. The Morgan fingerprint density at radius 1 is 1.38 bits per heavy atom. The number of esters is 1. The molecule has 2 heterocycles. The molecule has 2 aromatic rings. The van der Waals surface area contributed by atoms with Crippen molar-refractivity contribution in [2.24, 2.45) is 0 Å². The summed E-state index contributed by atoms with van der Waals surface area (Å²) in [6.07, 6.45) is 0. The van der Waals surface area contributed by atoms with Gasteiger partial charge in [-0.2, -0.15) is 4.37 Å². The lowest BCUT2D eigenvalue weighted by atomic mass is 9.96. The minimum absolute atomic E-state index is 0.315. The van der Waals surface area contributed by atoms with Gasteiger partial charge in [0.1, 0.15) is 5.56 Å². The van der Waals surface area contributed by atoms with Crippen LogP contribution in [0.3, 0.4) is 0 Å². The molecule has 0 radical (unpaired) electrons. The minimum Gasteiger partial charge on any atom is -0.480 e. The molecule has 0 aliphatic carbocycles. The molecular formula is C17H20N2O4S. The van der Waals surface area contributed by atoms with Gasteiger partial charge in [0.15, 0.2) is 0 Å². The number of aromatic nitrogens is 1. The van der Waals surface area contributed by atoms with Gasteiger partial charge < -0.3 is 19.5 Å². The van der Waals surface area contributed by atoms with E-state index < -0.39 is 5.97 Å². The fourth-order valence-electron chi connectivity index (χ4n) is 2.58. The first kappa shape index (κ1) is 16.9. The SMILES string of the molecule is COC(=O)c1c(OC)nsc1CNCc1cccc(C2COC2)c1. The van der Waals surface area contributed by atoms with E-state index in [0.29, 0.717) is 30.5 Å². The number of hydrogen-bond donors (Lipinski definition) is 1. The average Bonchev–Trinajstić information content (AvgIpc) is 2.96. The fraction of sp³-hybridized carbons (Fsp3) is 0.412. The molecule has 0 atom stereocenters. The third kappa shape index (κ3) is 3.58. The molecule has 1 aliphatic heterocycles. The van der Waals surface area contributed by atoms with Crippen LogP contribution < -0.4 is 10.1 Å². The minimum atomic E-state index is -0.426. The predicted molar refractivity (Wildman–Crippen MR) is 90.6 cm³/mol. The van der Waals surface area contributed by atoms with E-state index in [0.717, 1.165) is 18.1 Å². The molecule has 3 rings (SSSR count). The van der Waals surface area contributed by atoms with E-state index in [2.05, 4.69) is 34.0 Å². The highest BCUT2D eigenvalue weighted by Crippen LogP contribution is 2.27. The van der Waals surface area contributed by atoms with Crippen LogP contribution in [-0.4, -0.2) is 37.8 Å². The molecule has 1 N–H and O–H groups in total. The number of benzene rings is 1. The first-order valence-electron chi connectivity index (χ1n) is 7.71. The number of rotatable bonds is 7. The van der Waals surface area contributed by atoms with Crippen LogP contribution in [0, 0.1) is 0 Å². The first-order chi connectivity index (χ1) is 11.7. The molecule has 1 fully saturated rings. The maximum absolute atomic E-state index is 11.9. The van der Waals surface area contributed by atoms with Crippen LogP contribution in [0.1, 0.15) is 32.3 Å². The third-order valence-electron chi connectivity index (χ3n) is 3.99. The lowest BCUT2D eigenvalue weighted by Gasteiger charge is -2.26. The Hall–Kier alpha value is -1.96. The van der Waals surface area contributed by atoms with E-state index in [1.165, 1.54) is 36.9 Å². The van der Waals surface area contributed by atoms with Gasteiger partial charge >= 0.3 is 5.97 Å². The molecule has 0 amide bonds. The molecule has 6 nitrogen and oxygen atoms in total. The van der Waals surface area contributed by atoms with Crippen LogP contribution in [0.2, 0.25) is 0 Å². The molecule has 0 unspecified atom stereocenters. The maximum atomic E-state index is 11.9. The molecule has 0 saturated carbocycles. The quantitative estimate of drug-likeness (QED) is 0.775. The Morgan fingerprint density at radius 3 is 2.88 bits per heavy atom. The molecule has 24 heavy (non-hydrogen) atoms. The van der Waals surface area contributed by atoms with Crippen LogP contribution in [-0.2, 0) is 22.6 Å². The first-order valence-corrected chi connectivity index (χ1v) is 8.48. The van der Waals surface area contributed by atoms with Gasteiger partial charge in [-0.1, -0.05) is 24.3 Å².